The molecular formula is C10H10N2O3. The maximum Gasteiger partial charge on any atom is 0.337 e. The van der Waals surface area contributed by atoms with Crippen LogP contribution in [0, 0.1) is 6.92 Å². The molecule has 5 nitrogen and oxygen atoms in total. The van der Waals surface area contributed by atoms with Crippen LogP contribution >= 0.6 is 0 Å². The van der Waals surface area contributed by atoms with Crippen molar-refractivity contribution in [1.29, 1.82) is 0 Å². The van der Waals surface area contributed by atoms with E-state index in [1.165, 1.54) is 19.2 Å². The molecule has 1 aromatic heterocycles. The van der Waals surface area contributed by atoms with Gasteiger partial charge in [0.25, 0.3) is 0 Å². The number of nitrogens with zero attached hydrogens (tertiary/aromatic N) is 2. The molecule has 0 aliphatic rings. The molecule has 1 amide bonds. The lowest BCUT2D eigenvalue weighted by atomic mass is 10.1. The monoisotopic (exact) mass is 206 g/mol. The van der Waals surface area contributed by atoms with E-state index in [-0.39, 0.29) is 11.3 Å². The van der Waals surface area contributed by atoms with E-state index in [0.29, 0.717) is 0 Å². The fraction of sp³-hybridized carbons (Fsp3) is 0.200. The highest BCUT2D eigenvalue weighted by molar-refractivity contribution is 5.99. The number of carboxylic acids is 1. The number of aromatic nitrogens is 1. The van der Waals surface area contributed by atoms with Crippen LogP contribution in [0.3, 0.4) is 0 Å². The normalized spacial score (nSPS) is 10.5. The summed E-state index contributed by atoms with van der Waals surface area (Å²) in [5.41, 5.74) is 0.968. The van der Waals surface area contributed by atoms with Crippen LogP contribution in [0.25, 0.3) is 0 Å². The summed E-state index contributed by atoms with van der Waals surface area (Å²) < 4.78 is 0. The fourth-order valence-corrected chi connectivity index (χ4v) is 1.01. The van der Waals surface area contributed by atoms with Gasteiger partial charge in [-0.3, -0.25) is 9.78 Å². The quantitative estimate of drug-likeness (QED) is 0.733. The van der Waals surface area contributed by atoms with Crippen LogP contribution in [0.15, 0.2) is 17.3 Å². The van der Waals surface area contributed by atoms with Crippen molar-refractivity contribution < 1.29 is 14.7 Å². The Balaban J connectivity index is 3.17. The van der Waals surface area contributed by atoms with Crippen LogP contribution in [-0.4, -0.2) is 28.2 Å². The van der Waals surface area contributed by atoms with E-state index in [1.807, 2.05) is 0 Å². The number of aromatic carboxylic acids is 1. The van der Waals surface area contributed by atoms with Gasteiger partial charge in [0.05, 0.1) is 17.5 Å². The first kappa shape index (κ1) is 11.0. The van der Waals surface area contributed by atoms with Crippen molar-refractivity contribution in [2.45, 2.75) is 13.8 Å². The highest BCUT2D eigenvalue weighted by atomic mass is 16.4. The van der Waals surface area contributed by atoms with Crippen molar-refractivity contribution in [2.24, 2.45) is 4.99 Å². The van der Waals surface area contributed by atoms with Crippen LogP contribution in [0.4, 0.5) is 0 Å². The summed E-state index contributed by atoms with van der Waals surface area (Å²) in [6.07, 6.45) is 2.68. The minimum atomic E-state index is -1.09. The molecule has 0 saturated carbocycles. The van der Waals surface area contributed by atoms with Crippen molar-refractivity contribution in [1.82, 2.24) is 4.98 Å². The molecule has 15 heavy (non-hydrogen) atoms. The molecule has 1 heterocycles. The molecular weight excluding hydrogens is 196 g/mol. The highest BCUT2D eigenvalue weighted by Gasteiger charge is 2.09. The largest absolute Gasteiger partial charge is 0.478 e. The number of aryl methyl sites for hydroxylation is 1. The number of carbonyl (C=O) groups is 2. The molecule has 0 bridgehead atoms. The summed E-state index contributed by atoms with van der Waals surface area (Å²) in [4.78, 5) is 28.8. The van der Waals surface area contributed by atoms with E-state index in [4.69, 9.17) is 5.11 Å². The lowest BCUT2D eigenvalue weighted by Crippen LogP contribution is -2.05. The number of carbonyl (C=O) groups excluding carboxylic acids is 1. The number of hydrogen-bond donors (Lipinski definition) is 1. The van der Waals surface area contributed by atoms with Crippen LogP contribution < -0.4 is 0 Å². The summed E-state index contributed by atoms with van der Waals surface area (Å²) in [6, 6.07) is 1.48. The second-order valence-electron chi connectivity index (χ2n) is 3.03. The second kappa shape index (κ2) is 4.45. The molecule has 0 radical (unpaired) electrons. The first-order chi connectivity index (χ1) is 7.00. The smallest absolute Gasteiger partial charge is 0.337 e. The van der Waals surface area contributed by atoms with E-state index in [1.54, 1.807) is 6.92 Å². The SMILES string of the molecule is CC(=O)N=Cc1ncc(C)cc1C(=O)O. The predicted octanol–water partition coefficient (Wildman–Crippen LogP) is 1.05. The zero-order chi connectivity index (χ0) is 11.4. The Morgan fingerprint density at radius 1 is 1.53 bits per heavy atom. The number of rotatable bonds is 2. The minimum Gasteiger partial charge on any atom is -0.478 e. The Morgan fingerprint density at radius 2 is 2.20 bits per heavy atom. The maximum absolute atomic E-state index is 10.8. The van der Waals surface area contributed by atoms with Gasteiger partial charge in [0.1, 0.15) is 0 Å². The number of amides is 1. The van der Waals surface area contributed by atoms with E-state index < -0.39 is 11.9 Å². The molecule has 5 heteroatoms. The average Bonchev–Trinajstić information content (AvgIpc) is 2.15. The van der Waals surface area contributed by atoms with Gasteiger partial charge in [-0.05, 0) is 18.6 Å². The average molecular weight is 206 g/mol. The molecule has 1 rings (SSSR count). The van der Waals surface area contributed by atoms with Gasteiger partial charge in [0.15, 0.2) is 0 Å². The van der Waals surface area contributed by atoms with Gasteiger partial charge in [-0.25, -0.2) is 9.79 Å². The van der Waals surface area contributed by atoms with Crippen LogP contribution in [-0.2, 0) is 4.79 Å². The third-order valence-electron chi connectivity index (χ3n) is 1.65. The van der Waals surface area contributed by atoms with Crippen molar-refractivity contribution in [3.8, 4) is 0 Å². The van der Waals surface area contributed by atoms with Gasteiger partial charge in [-0.1, -0.05) is 0 Å². The molecule has 0 unspecified atom stereocenters. The first-order valence-electron chi connectivity index (χ1n) is 4.25. The maximum atomic E-state index is 10.8. The first-order valence-corrected chi connectivity index (χ1v) is 4.25. The summed E-state index contributed by atoms with van der Waals surface area (Å²) in [5.74, 6) is -1.48. The molecule has 0 spiro atoms. The zero-order valence-electron chi connectivity index (χ0n) is 8.39. The van der Waals surface area contributed by atoms with Gasteiger partial charge in [-0.15, -0.1) is 0 Å². The van der Waals surface area contributed by atoms with Gasteiger partial charge in [0, 0.05) is 13.1 Å². The standard InChI is InChI=1S/C10H10N2O3/c1-6-3-8(10(14)15)9(12-4-6)5-11-7(2)13/h3-5H,1-2H3,(H,14,15). The van der Waals surface area contributed by atoms with Gasteiger partial charge >= 0.3 is 5.97 Å². The fourth-order valence-electron chi connectivity index (χ4n) is 1.01. The highest BCUT2D eigenvalue weighted by Crippen LogP contribution is 2.06. The predicted molar refractivity (Wildman–Crippen MR) is 54.2 cm³/mol. The summed E-state index contributed by atoms with van der Waals surface area (Å²) in [7, 11) is 0. The van der Waals surface area contributed by atoms with Crippen LogP contribution in [0.1, 0.15) is 28.5 Å². The third kappa shape index (κ3) is 2.98. The molecule has 0 aliphatic carbocycles. The molecule has 0 aromatic carbocycles. The number of hydrogen-bond acceptors (Lipinski definition) is 3. The van der Waals surface area contributed by atoms with Crippen molar-refractivity contribution >= 4 is 18.1 Å². The Kier molecular flexibility index (Phi) is 3.28. The Bertz CT molecular complexity index is 438. The lowest BCUT2D eigenvalue weighted by Gasteiger charge is -2.00. The zero-order valence-corrected chi connectivity index (χ0v) is 8.39. The van der Waals surface area contributed by atoms with E-state index in [2.05, 4.69) is 9.98 Å². The van der Waals surface area contributed by atoms with E-state index >= 15 is 0 Å². The minimum absolute atomic E-state index is 0.0417. The van der Waals surface area contributed by atoms with E-state index in [9.17, 15) is 9.59 Å². The number of carboxylic acid groups (broad SMARTS) is 1. The molecule has 0 fully saturated rings. The van der Waals surface area contributed by atoms with Crippen molar-refractivity contribution in [2.75, 3.05) is 0 Å². The number of aliphatic imine (C=N–C) groups is 1. The third-order valence-corrected chi connectivity index (χ3v) is 1.65. The lowest BCUT2D eigenvalue weighted by molar-refractivity contribution is -0.115. The van der Waals surface area contributed by atoms with Gasteiger partial charge in [-0.2, -0.15) is 0 Å². The molecule has 1 N–H and O–H groups in total. The van der Waals surface area contributed by atoms with Crippen molar-refractivity contribution in [3.05, 3.63) is 29.1 Å². The van der Waals surface area contributed by atoms with Crippen LogP contribution in [0.5, 0.6) is 0 Å². The molecule has 78 valence electrons. The summed E-state index contributed by atoms with van der Waals surface area (Å²) >= 11 is 0. The van der Waals surface area contributed by atoms with Crippen molar-refractivity contribution in [3.63, 3.8) is 0 Å². The topological polar surface area (TPSA) is 79.6 Å². The van der Waals surface area contributed by atoms with Crippen LogP contribution in [0.2, 0.25) is 0 Å². The van der Waals surface area contributed by atoms with E-state index in [0.717, 1.165) is 11.8 Å². The molecule has 0 saturated heterocycles. The number of pyridine rings is 1. The second-order valence-corrected chi connectivity index (χ2v) is 3.03. The summed E-state index contributed by atoms with van der Waals surface area (Å²) in [6.45, 7) is 3.02. The molecule has 1 aromatic rings. The van der Waals surface area contributed by atoms with Gasteiger partial charge < -0.3 is 5.11 Å². The molecule has 0 aliphatic heterocycles. The Labute approximate surface area is 86.5 Å². The molecule has 0 atom stereocenters. The summed E-state index contributed by atoms with van der Waals surface area (Å²) in [5, 5.41) is 8.87. The Morgan fingerprint density at radius 3 is 2.73 bits per heavy atom. The van der Waals surface area contributed by atoms with Gasteiger partial charge in [0.2, 0.25) is 5.91 Å². The Hall–Kier alpha value is -2.04.